The van der Waals surface area contributed by atoms with E-state index in [-0.39, 0.29) is 31.3 Å². The van der Waals surface area contributed by atoms with Gasteiger partial charge in [0.25, 0.3) is 5.91 Å². The summed E-state index contributed by atoms with van der Waals surface area (Å²) in [5.74, 6) is -1.25. The SMILES string of the molecule is COC(=O)CNC(=O)c1ccc2c(c1)nc(C(CCCCN)NC(=O)CCC(=O)NO)n2C1CC1. The van der Waals surface area contributed by atoms with E-state index < -0.39 is 23.8 Å². The van der Waals surface area contributed by atoms with E-state index in [2.05, 4.69) is 19.9 Å². The molecule has 3 rings (SSSR count). The molecule has 1 saturated carbocycles. The molecule has 2 aromatic rings. The average Bonchev–Trinajstić information content (AvgIpc) is 3.63. The van der Waals surface area contributed by atoms with Gasteiger partial charge in [0.1, 0.15) is 12.4 Å². The predicted octanol–water partition coefficient (Wildman–Crippen LogP) is 0.846. The minimum atomic E-state index is -0.636. The summed E-state index contributed by atoms with van der Waals surface area (Å²) in [6.45, 7) is 0.291. The number of fused-ring (bicyclic) bond motifs is 1. The quantitative estimate of drug-likeness (QED) is 0.119. The van der Waals surface area contributed by atoms with Gasteiger partial charge in [0.2, 0.25) is 11.8 Å². The first kappa shape index (κ1) is 26.1. The Morgan fingerprint density at radius 1 is 1.20 bits per heavy atom. The van der Waals surface area contributed by atoms with Crippen molar-refractivity contribution in [1.82, 2.24) is 25.7 Å². The number of unbranched alkanes of at least 4 members (excludes halogenated alkanes) is 1. The van der Waals surface area contributed by atoms with Gasteiger partial charge in [-0.2, -0.15) is 0 Å². The standard InChI is InChI=1S/C23H32N6O6/c1-35-21(32)13-25-23(33)14-5-8-18-17(12-14)27-22(29(18)15-6-7-15)16(4-2-3-11-24)26-19(30)9-10-20(31)28-34/h5,8,12,15-16,34H,2-4,6-7,9-11,13,24H2,1H3,(H,25,33)(H,26,30)(H,28,31). The molecule has 1 aromatic heterocycles. The number of esters is 1. The van der Waals surface area contributed by atoms with E-state index in [1.807, 2.05) is 6.07 Å². The van der Waals surface area contributed by atoms with Crippen LogP contribution < -0.4 is 21.8 Å². The summed E-state index contributed by atoms with van der Waals surface area (Å²) in [7, 11) is 1.25. The largest absolute Gasteiger partial charge is 0.468 e. The third-order valence-corrected chi connectivity index (χ3v) is 5.81. The normalized spacial score (nSPS) is 13.8. The van der Waals surface area contributed by atoms with Crippen molar-refractivity contribution in [3.05, 3.63) is 29.6 Å². The van der Waals surface area contributed by atoms with Crippen LogP contribution in [-0.2, 0) is 19.1 Å². The molecule has 1 atom stereocenters. The topological polar surface area (TPSA) is 178 Å². The Hall–Kier alpha value is -3.51. The second-order valence-corrected chi connectivity index (χ2v) is 8.47. The molecule has 1 aliphatic rings. The minimum absolute atomic E-state index is 0.0754. The molecule has 1 aliphatic carbocycles. The van der Waals surface area contributed by atoms with Gasteiger partial charge in [-0.25, -0.2) is 10.5 Å². The Balaban J connectivity index is 1.87. The summed E-state index contributed by atoms with van der Waals surface area (Å²) < 4.78 is 6.66. The highest BCUT2D eigenvalue weighted by molar-refractivity contribution is 5.98. The molecule has 0 saturated heterocycles. The van der Waals surface area contributed by atoms with Crippen molar-refractivity contribution >= 4 is 34.7 Å². The van der Waals surface area contributed by atoms with Crippen LogP contribution in [0.2, 0.25) is 0 Å². The van der Waals surface area contributed by atoms with Crippen LogP contribution in [0.4, 0.5) is 0 Å². The van der Waals surface area contributed by atoms with Gasteiger partial charge in [-0.3, -0.25) is 24.4 Å². The molecule has 0 spiro atoms. The summed E-state index contributed by atoms with van der Waals surface area (Å²) in [4.78, 5) is 52.5. The van der Waals surface area contributed by atoms with Crippen molar-refractivity contribution in [3.63, 3.8) is 0 Å². The van der Waals surface area contributed by atoms with E-state index >= 15 is 0 Å². The van der Waals surface area contributed by atoms with Crippen molar-refractivity contribution in [2.75, 3.05) is 20.2 Å². The molecule has 1 heterocycles. The number of nitrogens with two attached hydrogens (primary N) is 1. The minimum Gasteiger partial charge on any atom is -0.468 e. The number of rotatable bonds is 13. The van der Waals surface area contributed by atoms with Crippen LogP contribution >= 0.6 is 0 Å². The molecule has 6 N–H and O–H groups in total. The van der Waals surface area contributed by atoms with E-state index in [1.165, 1.54) is 12.6 Å². The number of hydroxylamine groups is 1. The zero-order valence-corrected chi connectivity index (χ0v) is 19.7. The van der Waals surface area contributed by atoms with E-state index in [4.69, 9.17) is 15.9 Å². The molecule has 12 heteroatoms. The first-order valence-corrected chi connectivity index (χ1v) is 11.7. The third kappa shape index (κ3) is 6.99. The zero-order chi connectivity index (χ0) is 25.4. The van der Waals surface area contributed by atoms with Crippen molar-refractivity contribution in [3.8, 4) is 0 Å². The lowest BCUT2D eigenvalue weighted by Crippen LogP contribution is -2.31. The molecule has 35 heavy (non-hydrogen) atoms. The first-order valence-electron chi connectivity index (χ1n) is 11.7. The number of imidazole rings is 1. The highest BCUT2D eigenvalue weighted by Gasteiger charge is 2.32. The van der Waals surface area contributed by atoms with Gasteiger partial charge in [-0.15, -0.1) is 0 Å². The zero-order valence-electron chi connectivity index (χ0n) is 19.7. The van der Waals surface area contributed by atoms with Crippen molar-refractivity contribution in [2.24, 2.45) is 5.73 Å². The van der Waals surface area contributed by atoms with Crippen molar-refractivity contribution in [2.45, 2.75) is 57.0 Å². The highest BCUT2D eigenvalue weighted by atomic mass is 16.5. The Kier molecular flexibility index (Phi) is 9.15. The molecular formula is C23H32N6O6. The van der Waals surface area contributed by atoms with E-state index in [9.17, 15) is 19.2 Å². The number of hydrogen-bond donors (Lipinski definition) is 5. The van der Waals surface area contributed by atoms with Crippen molar-refractivity contribution < 1.29 is 29.1 Å². The molecule has 0 bridgehead atoms. The van der Waals surface area contributed by atoms with Gasteiger partial charge < -0.3 is 25.7 Å². The van der Waals surface area contributed by atoms with E-state index in [1.54, 1.807) is 12.1 Å². The Labute approximate surface area is 202 Å². The maximum Gasteiger partial charge on any atom is 0.325 e. The lowest BCUT2D eigenvalue weighted by atomic mass is 10.1. The maximum atomic E-state index is 12.6. The second kappa shape index (κ2) is 12.3. The molecule has 1 aromatic carbocycles. The lowest BCUT2D eigenvalue weighted by molar-refractivity contribution is -0.139. The Bertz CT molecular complexity index is 1080. The monoisotopic (exact) mass is 488 g/mol. The number of aromatic nitrogens is 2. The molecular weight excluding hydrogens is 456 g/mol. The summed E-state index contributed by atoms with van der Waals surface area (Å²) in [5.41, 5.74) is 8.99. The highest BCUT2D eigenvalue weighted by Crippen LogP contribution is 2.40. The van der Waals surface area contributed by atoms with Crippen LogP contribution in [0.5, 0.6) is 0 Å². The number of hydrogen-bond acceptors (Lipinski definition) is 8. The Morgan fingerprint density at radius 3 is 2.60 bits per heavy atom. The molecule has 3 amide bonds. The van der Waals surface area contributed by atoms with Gasteiger partial charge in [-0.1, -0.05) is 0 Å². The van der Waals surface area contributed by atoms with Gasteiger partial charge in [-0.05, 0) is 56.8 Å². The number of nitrogens with zero attached hydrogens (tertiary/aromatic N) is 2. The van der Waals surface area contributed by atoms with Gasteiger partial charge in [0, 0.05) is 24.4 Å². The Morgan fingerprint density at radius 2 is 1.94 bits per heavy atom. The summed E-state index contributed by atoms with van der Waals surface area (Å²) in [6.07, 6.45) is 3.92. The van der Waals surface area contributed by atoms with Gasteiger partial charge >= 0.3 is 5.97 Å². The maximum absolute atomic E-state index is 12.6. The number of amides is 3. The number of carbonyl (C=O) groups excluding carboxylic acids is 4. The fourth-order valence-electron chi connectivity index (χ4n) is 3.86. The van der Waals surface area contributed by atoms with Gasteiger partial charge in [0.05, 0.1) is 24.2 Å². The van der Waals surface area contributed by atoms with Crippen molar-refractivity contribution in [1.29, 1.82) is 0 Å². The molecule has 12 nitrogen and oxygen atoms in total. The number of methoxy groups -OCH3 is 1. The number of benzene rings is 1. The summed E-state index contributed by atoms with van der Waals surface area (Å²) >= 11 is 0. The molecule has 190 valence electrons. The summed E-state index contributed by atoms with van der Waals surface area (Å²) in [6, 6.07) is 5.00. The second-order valence-electron chi connectivity index (χ2n) is 8.47. The van der Waals surface area contributed by atoms with Crippen LogP contribution in [0.25, 0.3) is 11.0 Å². The van der Waals surface area contributed by atoms with Crippen LogP contribution in [0, 0.1) is 0 Å². The number of carbonyl (C=O) groups is 4. The lowest BCUT2D eigenvalue weighted by Gasteiger charge is -2.20. The molecule has 0 aliphatic heterocycles. The number of ether oxygens (including phenoxy) is 1. The van der Waals surface area contributed by atoms with E-state index in [0.717, 1.165) is 31.2 Å². The smallest absolute Gasteiger partial charge is 0.325 e. The predicted molar refractivity (Wildman–Crippen MR) is 125 cm³/mol. The van der Waals surface area contributed by atoms with Crippen LogP contribution in [0.3, 0.4) is 0 Å². The van der Waals surface area contributed by atoms with Crippen LogP contribution in [0.1, 0.15) is 73.2 Å². The number of nitrogens with one attached hydrogen (secondary N) is 3. The third-order valence-electron chi connectivity index (χ3n) is 5.81. The fourth-order valence-corrected chi connectivity index (χ4v) is 3.86. The summed E-state index contributed by atoms with van der Waals surface area (Å²) in [5, 5.41) is 14.2. The molecule has 1 fully saturated rings. The molecule has 1 unspecified atom stereocenters. The average molecular weight is 489 g/mol. The molecule has 0 radical (unpaired) electrons. The van der Waals surface area contributed by atoms with Crippen LogP contribution in [-0.4, -0.2) is 58.6 Å². The fraction of sp³-hybridized carbons (Fsp3) is 0.522. The van der Waals surface area contributed by atoms with E-state index in [0.29, 0.717) is 29.9 Å². The first-order chi connectivity index (χ1) is 16.9. The van der Waals surface area contributed by atoms with Crippen LogP contribution in [0.15, 0.2) is 18.2 Å². The van der Waals surface area contributed by atoms with Gasteiger partial charge in [0.15, 0.2) is 0 Å².